The van der Waals surface area contributed by atoms with Crippen LogP contribution in [0.25, 0.3) is 0 Å². The van der Waals surface area contributed by atoms with E-state index in [0.29, 0.717) is 6.54 Å². The molecule has 1 saturated heterocycles. The lowest BCUT2D eigenvalue weighted by atomic mass is 9.95. The molecule has 1 aliphatic rings. The number of piperidine rings is 1. The second-order valence-electron chi connectivity index (χ2n) is 5.39. The molecule has 1 fully saturated rings. The minimum absolute atomic E-state index is 0.0473. The molecule has 0 saturated carbocycles. The zero-order chi connectivity index (χ0) is 16.3. The molecule has 1 aliphatic heterocycles. The van der Waals surface area contributed by atoms with E-state index in [-0.39, 0.29) is 37.8 Å². The Morgan fingerprint density at radius 1 is 1.36 bits per heavy atom. The summed E-state index contributed by atoms with van der Waals surface area (Å²) in [5, 5.41) is 0. The van der Waals surface area contributed by atoms with Crippen molar-refractivity contribution in [3.05, 3.63) is 24.2 Å². The van der Waals surface area contributed by atoms with E-state index in [0.717, 1.165) is 10.5 Å². The highest BCUT2D eigenvalue weighted by Gasteiger charge is 2.43. The Hall–Kier alpha value is -1.99. The van der Waals surface area contributed by atoms with Gasteiger partial charge in [-0.15, -0.1) is 0 Å². The van der Waals surface area contributed by atoms with Crippen LogP contribution in [0.1, 0.15) is 18.4 Å². The van der Waals surface area contributed by atoms with Crippen LogP contribution in [0.3, 0.4) is 0 Å². The van der Waals surface area contributed by atoms with Gasteiger partial charge >= 0.3 is 12.1 Å². The maximum Gasteiger partial charge on any atom is 0.471 e. The molecule has 2 amide bonds. The molecule has 1 aromatic heterocycles. The van der Waals surface area contributed by atoms with Gasteiger partial charge in [0.1, 0.15) is 0 Å². The van der Waals surface area contributed by atoms with Crippen molar-refractivity contribution < 1.29 is 27.2 Å². The lowest BCUT2D eigenvalue weighted by Gasteiger charge is -2.33. The molecule has 5 nitrogen and oxygen atoms in total. The maximum absolute atomic E-state index is 12.4. The molecular formula is C14H17F3N2O3. The van der Waals surface area contributed by atoms with Gasteiger partial charge in [-0.25, -0.2) is 0 Å². The highest BCUT2D eigenvalue weighted by Crippen LogP contribution is 2.25. The van der Waals surface area contributed by atoms with Crippen molar-refractivity contribution in [1.82, 2.24) is 9.80 Å². The van der Waals surface area contributed by atoms with Crippen molar-refractivity contribution >= 4 is 11.8 Å². The molecule has 0 radical (unpaired) electrons. The first-order valence-electron chi connectivity index (χ1n) is 6.91. The van der Waals surface area contributed by atoms with Crippen LogP contribution in [0, 0.1) is 5.92 Å². The van der Waals surface area contributed by atoms with Crippen molar-refractivity contribution in [2.24, 2.45) is 5.92 Å². The van der Waals surface area contributed by atoms with Gasteiger partial charge < -0.3 is 14.2 Å². The summed E-state index contributed by atoms with van der Waals surface area (Å²) in [5.41, 5.74) is 0.848. The fourth-order valence-electron chi connectivity index (χ4n) is 2.55. The van der Waals surface area contributed by atoms with Crippen LogP contribution in [0.2, 0.25) is 0 Å². The number of hydrogen-bond donors (Lipinski definition) is 0. The number of carbonyl (C=O) groups excluding carboxylic acids is 2. The number of furan rings is 1. The van der Waals surface area contributed by atoms with E-state index in [1.54, 1.807) is 13.1 Å². The number of alkyl halides is 3. The molecule has 0 bridgehead atoms. The third-order valence-corrected chi connectivity index (χ3v) is 3.75. The molecule has 0 N–H and O–H groups in total. The topological polar surface area (TPSA) is 53.8 Å². The van der Waals surface area contributed by atoms with Gasteiger partial charge in [0.2, 0.25) is 5.91 Å². The van der Waals surface area contributed by atoms with Crippen LogP contribution >= 0.6 is 0 Å². The highest BCUT2D eigenvalue weighted by atomic mass is 19.4. The number of nitrogens with zero attached hydrogens (tertiary/aromatic N) is 2. The number of halogens is 3. The molecule has 122 valence electrons. The Kier molecular flexibility index (Phi) is 4.77. The summed E-state index contributed by atoms with van der Waals surface area (Å²) >= 11 is 0. The van der Waals surface area contributed by atoms with Crippen LogP contribution in [0.15, 0.2) is 23.0 Å². The second-order valence-corrected chi connectivity index (χ2v) is 5.39. The van der Waals surface area contributed by atoms with Crippen molar-refractivity contribution in [3.8, 4) is 0 Å². The third kappa shape index (κ3) is 3.80. The third-order valence-electron chi connectivity index (χ3n) is 3.75. The lowest BCUT2D eigenvalue weighted by molar-refractivity contribution is -0.187. The summed E-state index contributed by atoms with van der Waals surface area (Å²) in [6.45, 7) is 0.291. The van der Waals surface area contributed by atoms with E-state index in [1.807, 2.05) is 0 Å². The minimum atomic E-state index is -4.85. The van der Waals surface area contributed by atoms with Crippen molar-refractivity contribution in [2.75, 3.05) is 20.1 Å². The molecule has 8 heteroatoms. The molecule has 0 aromatic carbocycles. The quantitative estimate of drug-likeness (QED) is 0.857. The summed E-state index contributed by atoms with van der Waals surface area (Å²) < 4.78 is 42.0. The average molecular weight is 318 g/mol. The number of hydrogen-bond acceptors (Lipinski definition) is 3. The summed E-state index contributed by atoms with van der Waals surface area (Å²) in [6.07, 6.45) is -1.31. The Morgan fingerprint density at radius 2 is 2.00 bits per heavy atom. The Bertz CT molecular complexity index is 520. The standard InChI is InChI=1S/C14H17F3N2O3/c1-18(8-10-4-7-22-9-10)12(20)11-2-5-19(6-3-11)13(21)14(15,16)17/h4,7,9,11H,2-3,5-6,8H2,1H3. The van der Waals surface area contributed by atoms with Crippen LogP contribution in [-0.2, 0) is 16.1 Å². The summed E-state index contributed by atoms with van der Waals surface area (Å²) in [7, 11) is 1.64. The largest absolute Gasteiger partial charge is 0.472 e. The normalized spacial score (nSPS) is 16.6. The van der Waals surface area contributed by atoms with Crippen molar-refractivity contribution in [1.29, 1.82) is 0 Å². The van der Waals surface area contributed by atoms with E-state index in [4.69, 9.17) is 4.42 Å². The lowest BCUT2D eigenvalue weighted by Crippen LogP contribution is -2.47. The number of amides is 2. The van der Waals surface area contributed by atoms with E-state index in [9.17, 15) is 22.8 Å². The molecule has 0 atom stereocenters. The van der Waals surface area contributed by atoms with E-state index in [1.165, 1.54) is 17.4 Å². The average Bonchev–Trinajstić information content (AvgIpc) is 2.97. The van der Waals surface area contributed by atoms with Gasteiger partial charge in [0.25, 0.3) is 0 Å². The first kappa shape index (κ1) is 16.4. The Morgan fingerprint density at radius 3 is 2.50 bits per heavy atom. The van der Waals surface area contributed by atoms with Gasteiger partial charge in [-0.1, -0.05) is 0 Å². The molecule has 0 spiro atoms. The zero-order valence-corrected chi connectivity index (χ0v) is 12.1. The molecule has 1 aromatic rings. The molecule has 0 unspecified atom stereocenters. The zero-order valence-electron chi connectivity index (χ0n) is 12.1. The molecule has 2 heterocycles. The van der Waals surface area contributed by atoms with Gasteiger partial charge in [0.15, 0.2) is 0 Å². The van der Waals surface area contributed by atoms with E-state index in [2.05, 4.69) is 0 Å². The van der Waals surface area contributed by atoms with Crippen LogP contribution in [0.5, 0.6) is 0 Å². The first-order chi connectivity index (χ1) is 10.3. The fourth-order valence-corrected chi connectivity index (χ4v) is 2.55. The summed E-state index contributed by atoms with van der Waals surface area (Å²) in [5.74, 6) is -2.31. The monoisotopic (exact) mass is 318 g/mol. The fraction of sp³-hybridized carbons (Fsp3) is 0.571. The van der Waals surface area contributed by atoms with Gasteiger partial charge in [-0.2, -0.15) is 13.2 Å². The SMILES string of the molecule is CN(Cc1ccoc1)C(=O)C1CCN(C(=O)C(F)(F)F)CC1. The molecule has 22 heavy (non-hydrogen) atoms. The second kappa shape index (κ2) is 6.41. The van der Waals surface area contributed by atoms with Gasteiger partial charge in [-0.05, 0) is 18.9 Å². The molecular weight excluding hydrogens is 301 g/mol. The van der Waals surface area contributed by atoms with Gasteiger partial charge in [0, 0.05) is 38.2 Å². The predicted octanol–water partition coefficient (Wildman–Crippen LogP) is 2.04. The number of rotatable bonds is 3. The minimum Gasteiger partial charge on any atom is -0.472 e. The smallest absolute Gasteiger partial charge is 0.471 e. The van der Waals surface area contributed by atoms with E-state index < -0.39 is 12.1 Å². The number of carbonyl (C=O) groups is 2. The molecule has 0 aliphatic carbocycles. The summed E-state index contributed by atoms with van der Waals surface area (Å²) in [6, 6.07) is 1.74. The maximum atomic E-state index is 12.4. The number of likely N-dealkylation sites (tertiary alicyclic amines) is 1. The highest BCUT2D eigenvalue weighted by molar-refractivity contribution is 5.83. The Balaban J connectivity index is 1.86. The van der Waals surface area contributed by atoms with E-state index >= 15 is 0 Å². The van der Waals surface area contributed by atoms with Crippen molar-refractivity contribution in [2.45, 2.75) is 25.6 Å². The predicted molar refractivity (Wildman–Crippen MR) is 70.5 cm³/mol. The van der Waals surface area contributed by atoms with Crippen LogP contribution in [0.4, 0.5) is 13.2 Å². The van der Waals surface area contributed by atoms with Gasteiger partial charge in [-0.3, -0.25) is 9.59 Å². The van der Waals surface area contributed by atoms with Crippen molar-refractivity contribution in [3.63, 3.8) is 0 Å². The Labute approximate surface area is 125 Å². The first-order valence-corrected chi connectivity index (χ1v) is 6.91. The van der Waals surface area contributed by atoms with Gasteiger partial charge in [0.05, 0.1) is 12.5 Å². The summed E-state index contributed by atoms with van der Waals surface area (Å²) in [4.78, 5) is 25.7. The molecule has 2 rings (SSSR count). The van der Waals surface area contributed by atoms with Crippen LogP contribution < -0.4 is 0 Å². The van der Waals surface area contributed by atoms with Crippen LogP contribution in [-0.4, -0.2) is 47.9 Å².